The van der Waals surface area contributed by atoms with Gasteiger partial charge in [-0.05, 0) is 37.3 Å². The topological polar surface area (TPSA) is 67.2 Å². The zero-order valence-electron chi connectivity index (χ0n) is 18.7. The minimum atomic E-state index is -0.750. The molecular weight excluding hydrogens is 400 g/mol. The molecule has 32 heavy (non-hydrogen) atoms. The highest BCUT2D eigenvalue weighted by Crippen LogP contribution is 2.35. The fourth-order valence-electron chi connectivity index (χ4n) is 4.62. The van der Waals surface area contributed by atoms with Crippen LogP contribution in [0.3, 0.4) is 0 Å². The average Bonchev–Trinajstić information content (AvgIpc) is 3.22. The molecule has 0 unspecified atom stereocenters. The van der Waals surface area contributed by atoms with E-state index in [0.29, 0.717) is 18.7 Å². The van der Waals surface area contributed by atoms with Gasteiger partial charge in [0.1, 0.15) is 0 Å². The van der Waals surface area contributed by atoms with Gasteiger partial charge in [0.05, 0.1) is 23.2 Å². The predicted molar refractivity (Wildman–Crippen MR) is 124 cm³/mol. The number of rotatable bonds is 5. The van der Waals surface area contributed by atoms with Gasteiger partial charge in [0.15, 0.2) is 0 Å². The van der Waals surface area contributed by atoms with E-state index in [1.165, 1.54) is 0 Å². The zero-order valence-corrected chi connectivity index (χ0v) is 18.7. The van der Waals surface area contributed by atoms with Crippen molar-refractivity contribution in [1.82, 2.24) is 20.0 Å². The summed E-state index contributed by atoms with van der Waals surface area (Å²) >= 11 is 0. The van der Waals surface area contributed by atoms with Crippen molar-refractivity contribution < 1.29 is 9.59 Å². The van der Waals surface area contributed by atoms with Crippen LogP contribution in [0.4, 0.5) is 0 Å². The largest absolute Gasteiger partial charge is 0.355 e. The second-order valence-electron chi connectivity index (χ2n) is 8.52. The fourth-order valence-corrected chi connectivity index (χ4v) is 4.62. The molecule has 0 spiro atoms. The Bertz CT molecular complexity index is 1020. The molecule has 3 aromatic rings. The first-order chi connectivity index (χ1) is 15.5. The summed E-state index contributed by atoms with van der Waals surface area (Å²) in [5.41, 5.74) is 1.81. The van der Waals surface area contributed by atoms with Crippen molar-refractivity contribution in [3.8, 4) is 0 Å². The minimum Gasteiger partial charge on any atom is -0.355 e. The number of hydrogen-bond acceptors (Lipinski definition) is 3. The molecule has 6 nitrogen and oxygen atoms in total. The highest BCUT2D eigenvalue weighted by Gasteiger charge is 2.40. The normalized spacial score (nSPS) is 16.9. The second-order valence-corrected chi connectivity index (χ2v) is 8.52. The molecule has 6 heteroatoms. The molecule has 1 fully saturated rings. The van der Waals surface area contributed by atoms with Crippen molar-refractivity contribution in [2.75, 3.05) is 20.1 Å². The van der Waals surface area contributed by atoms with Crippen LogP contribution in [0.25, 0.3) is 0 Å². The number of nitrogens with zero attached hydrogens (tertiary/aromatic N) is 3. The van der Waals surface area contributed by atoms with E-state index in [0.717, 1.165) is 30.4 Å². The number of hydrogen-bond donors (Lipinski definition) is 1. The molecule has 1 atom stereocenters. The van der Waals surface area contributed by atoms with E-state index in [2.05, 4.69) is 10.4 Å². The molecule has 0 bridgehead atoms. The predicted octanol–water partition coefficient (Wildman–Crippen LogP) is 3.80. The molecular formula is C26H30N4O2. The maximum absolute atomic E-state index is 14.0. The number of nitrogens with one attached hydrogen (secondary N) is 1. The summed E-state index contributed by atoms with van der Waals surface area (Å²) in [7, 11) is 1.62. The first-order valence-electron chi connectivity index (χ1n) is 11.2. The van der Waals surface area contributed by atoms with E-state index in [1.54, 1.807) is 19.4 Å². The second kappa shape index (κ2) is 9.39. The summed E-state index contributed by atoms with van der Waals surface area (Å²) in [5.74, 6) is -0.00905. The Labute approximate surface area is 189 Å². The maximum atomic E-state index is 14.0. The molecule has 166 valence electrons. The Kier molecular flexibility index (Phi) is 6.40. The third kappa shape index (κ3) is 4.17. The monoisotopic (exact) mass is 430 g/mol. The molecule has 2 aromatic carbocycles. The van der Waals surface area contributed by atoms with Gasteiger partial charge >= 0.3 is 0 Å². The lowest BCUT2D eigenvalue weighted by molar-refractivity contribution is -0.135. The lowest BCUT2D eigenvalue weighted by Crippen LogP contribution is -2.46. The smallest absolute Gasteiger partial charge is 0.254 e. The summed E-state index contributed by atoms with van der Waals surface area (Å²) in [6.45, 7) is 3.41. The fraction of sp³-hybridized carbons (Fsp3) is 0.346. The van der Waals surface area contributed by atoms with Gasteiger partial charge in [-0.25, -0.2) is 0 Å². The first kappa shape index (κ1) is 21.8. The number of carbonyl (C=O) groups is 2. The quantitative estimate of drug-likeness (QED) is 0.669. The van der Waals surface area contributed by atoms with E-state index in [9.17, 15) is 9.59 Å². The average molecular weight is 431 g/mol. The van der Waals surface area contributed by atoms with E-state index in [4.69, 9.17) is 0 Å². The van der Waals surface area contributed by atoms with Crippen LogP contribution < -0.4 is 5.32 Å². The van der Waals surface area contributed by atoms with Crippen molar-refractivity contribution in [3.63, 3.8) is 0 Å². The van der Waals surface area contributed by atoms with Gasteiger partial charge in [0.25, 0.3) is 5.91 Å². The third-order valence-corrected chi connectivity index (χ3v) is 6.58. The van der Waals surface area contributed by atoms with Gasteiger partial charge in [-0.15, -0.1) is 0 Å². The summed E-state index contributed by atoms with van der Waals surface area (Å²) in [6, 6.07) is 20.2. The first-order valence-corrected chi connectivity index (χ1v) is 11.2. The minimum absolute atomic E-state index is 0.127. The Hall–Kier alpha value is -3.41. The van der Waals surface area contributed by atoms with Crippen molar-refractivity contribution in [1.29, 1.82) is 0 Å². The molecule has 0 aliphatic carbocycles. The Morgan fingerprint density at radius 3 is 2.19 bits per heavy atom. The lowest BCUT2D eigenvalue weighted by Gasteiger charge is -2.35. The van der Waals surface area contributed by atoms with E-state index in [-0.39, 0.29) is 17.9 Å². The summed E-state index contributed by atoms with van der Waals surface area (Å²) in [5, 5.41) is 7.05. The van der Waals surface area contributed by atoms with Crippen LogP contribution >= 0.6 is 0 Å². The molecule has 0 saturated carbocycles. The molecule has 0 radical (unpaired) electrons. The highest BCUT2D eigenvalue weighted by molar-refractivity contribution is 5.93. The number of likely N-dealkylation sites (tertiary alicyclic amines) is 1. The number of carbonyl (C=O) groups excluding carboxylic acids is 2. The maximum Gasteiger partial charge on any atom is 0.254 e. The Balaban J connectivity index is 1.57. The van der Waals surface area contributed by atoms with Gasteiger partial charge in [0, 0.05) is 26.3 Å². The third-order valence-electron chi connectivity index (χ3n) is 6.58. The van der Waals surface area contributed by atoms with E-state index >= 15 is 0 Å². The van der Waals surface area contributed by atoms with Crippen LogP contribution in [0.2, 0.25) is 0 Å². The van der Waals surface area contributed by atoms with Crippen LogP contribution in [0.1, 0.15) is 53.7 Å². The van der Waals surface area contributed by atoms with Crippen molar-refractivity contribution in [2.24, 2.45) is 0 Å². The number of benzene rings is 2. The molecule has 1 aromatic heterocycles. The van der Waals surface area contributed by atoms with E-state index in [1.807, 2.05) is 77.2 Å². The van der Waals surface area contributed by atoms with Crippen LogP contribution in [-0.4, -0.2) is 46.6 Å². The molecule has 1 N–H and O–H groups in total. The van der Waals surface area contributed by atoms with Crippen molar-refractivity contribution >= 4 is 11.8 Å². The number of amides is 2. The summed E-state index contributed by atoms with van der Waals surface area (Å²) in [6.07, 6.45) is 6.03. The summed E-state index contributed by atoms with van der Waals surface area (Å²) in [4.78, 5) is 27.9. The lowest BCUT2D eigenvalue weighted by atomic mass is 9.75. The van der Waals surface area contributed by atoms with Gasteiger partial charge in [-0.2, -0.15) is 5.10 Å². The van der Waals surface area contributed by atoms with Crippen LogP contribution in [0.5, 0.6) is 0 Å². The Morgan fingerprint density at radius 2 is 1.59 bits per heavy atom. The molecule has 2 heterocycles. The standard InChI is InChI=1S/C26H30N4O2/c1-26(21-10-5-3-6-11-21,22-12-7-4-8-13-22)25(32)29-16-9-14-23(15-17-29)30-19-20(18-28-30)24(31)27-2/h3-8,10-13,18-19,23H,9,14-17H2,1-2H3,(H,27,31)/t23-/m0/s1. The van der Waals surface area contributed by atoms with Crippen LogP contribution in [0.15, 0.2) is 73.1 Å². The molecule has 1 aliphatic rings. The van der Waals surface area contributed by atoms with E-state index < -0.39 is 5.41 Å². The molecule has 1 saturated heterocycles. The number of aromatic nitrogens is 2. The van der Waals surface area contributed by atoms with Crippen LogP contribution in [0, 0.1) is 0 Å². The van der Waals surface area contributed by atoms with Gasteiger partial charge in [-0.3, -0.25) is 14.3 Å². The van der Waals surface area contributed by atoms with Gasteiger partial charge < -0.3 is 10.2 Å². The molecule has 4 rings (SSSR count). The van der Waals surface area contributed by atoms with Gasteiger partial charge in [-0.1, -0.05) is 60.7 Å². The molecule has 2 amide bonds. The SMILES string of the molecule is CNC(=O)c1cnn([C@H]2CCCN(C(=O)C(C)(c3ccccc3)c3ccccc3)CC2)c1. The Morgan fingerprint density at radius 1 is 0.969 bits per heavy atom. The van der Waals surface area contributed by atoms with Crippen LogP contribution in [-0.2, 0) is 10.2 Å². The van der Waals surface area contributed by atoms with Crippen molar-refractivity contribution in [2.45, 2.75) is 37.6 Å². The highest BCUT2D eigenvalue weighted by atomic mass is 16.2. The van der Waals surface area contributed by atoms with Crippen molar-refractivity contribution in [3.05, 3.63) is 89.7 Å². The zero-order chi connectivity index (χ0) is 22.6. The molecule has 1 aliphatic heterocycles. The summed E-state index contributed by atoms with van der Waals surface area (Å²) < 4.78 is 1.88. The van der Waals surface area contributed by atoms with Gasteiger partial charge in [0.2, 0.25) is 5.91 Å².